The Kier molecular flexibility index (Phi) is 15.7. The van der Waals surface area contributed by atoms with Gasteiger partial charge in [-0.3, -0.25) is 14.6 Å². The number of carbonyl (C=O) groups excluding carboxylic acids is 4. The highest BCUT2D eigenvalue weighted by Crippen LogP contribution is 2.26. The average molecular weight is 832 g/mol. The molecule has 2 aromatic carbocycles. The maximum absolute atomic E-state index is 13.7. The van der Waals surface area contributed by atoms with Crippen LogP contribution in [0.5, 0.6) is 0 Å². The number of urea groups is 1. The topological polar surface area (TPSA) is 161 Å². The summed E-state index contributed by atoms with van der Waals surface area (Å²) in [7, 11) is 3.95. The predicted molar refractivity (Wildman–Crippen MR) is 230 cm³/mol. The van der Waals surface area contributed by atoms with Gasteiger partial charge in [-0.2, -0.15) is 0 Å². The number of nitrogens with zero attached hydrogens (tertiary/aromatic N) is 5. The number of nitrogens with one attached hydrogen (secondary N) is 2. The van der Waals surface area contributed by atoms with Crippen LogP contribution in [0.1, 0.15) is 75.5 Å². The van der Waals surface area contributed by atoms with Crippen LogP contribution in [0.3, 0.4) is 0 Å². The molecule has 7 rings (SSSR count). The Morgan fingerprint density at radius 3 is 2.25 bits per heavy atom. The second-order valence-electron chi connectivity index (χ2n) is 17.4. The summed E-state index contributed by atoms with van der Waals surface area (Å²) in [6, 6.07) is 11.4. The first-order valence-corrected chi connectivity index (χ1v) is 21.9. The molecule has 2 N–H and O–H groups in total. The van der Waals surface area contributed by atoms with Crippen molar-refractivity contribution in [2.24, 2.45) is 11.8 Å². The highest BCUT2D eigenvalue weighted by atomic mass is 16.6. The maximum atomic E-state index is 13.7. The Hall–Kier alpha value is -4.89. The third-order valence-electron chi connectivity index (χ3n) is 12.4. The fraction of sp³-hybridized carbons (Fsp3) is 0.622. The predicted octanol–water partition coefficient (Wildman–Crippen LogP) is 5.50. The molecule has 1 atom stereocenters. The Labute approximate surface area is 353 Å². The van der Waals surface area contributed by atoms with Crippen molar-refractivity contribution in [3.8, 4) is 0 Å². The molecule has 3 aromatic rings. The lowest BCUT2D eigenvalue weighted by molar-refractivity contribution is -0.144. The summed E-state index contributed by atoms with van der Waals surface area (Å²) in [5.41, 5.74) is 4.55. The fourth-order valence-corrected chi connectivity index (χ4v) is 8.48. The van der Waals surface area contributed by atoms with E-state index in [9.17, 15) is 24.0 Å². The molecular weight excluding hydrogens is 767 g/mol. The molecule has 0 spiro atoms. The third kappa shape index (κ3) is 12.3. The Morgan fingerprint density at radius 1 is 0.883 bits per heavy atom. The standard InChI is InChI=1S/C32H39N5O6.C13H26N2O2/c1-20-7-12-35(13-8-20)29(38)27(19-22-17-21(2)28-26(18-22)42-31(40)34-28)43-32(41)36-14-10-24(11-15-36)37-16-9-23-5-3-4-6-25(23)33-30(37)39;1-12-4-7-15(8-5-12)9-6-13(16)17-11-10-14(2)3/h3-6,17-18,20,24,27H,7-16,19H2,1-2H3,(H,33,39)(H,34,40);12H,4-11H2,1-3H3/t27-;/m1./s1. The number of para-hydroxylation sites is 1. The second kappa shape index (κ2) is 21.1. The fourth-order valence-electron chi connectivity index (χ4n) is 8.48. The average Bonchev–Trinajstić information content (AvgIpc) is 3.53. The van der Waals surface area contributed by atoms with E-state index in [0.717, 1.165) is 73.7 Å². The van der Waals surface area contributed by atoms with Crippen LogP contribution in [0.25, 0.3) is 11.1 Å². The monoisotopic (exact) mass is 831 g/mol. The number of piperidine rings is 3. The molecule has 4 amide bonds. The molecule has 4 aliphatic rings. The first-order chi connectivity index (χ1) is 28.8. The molecule has 0 radical (unpaired) electrons. The maximum Gasteiger partial charge on any atom is 0.417 e. The van der Waals surface area contributed by atoms with E-state index in [2.05, 4.69) is 29.0 Å². The largest absolute Gasteiger partial charge is 0.464 e. The van der Waals surface area contributed by atoms with E-state index in [1.165, 1.54) is 12.8 Å². The van der Waals surface area contributed by atoms with E-state index >= 15 is 0 Å². The number of likely N-dealkylation sites (tertiary alicyclic amines) is 3. The zero-order valence-corrected chi connectivity index (χ0v) is 36.2. The van der Waals surface area contributed by atoms with Crippen LogP contribution in [0.4, 0.5) is 15.3 Å². The number of amides is 4. The van der Waals surface area contributed by atoms with E-state index in [1.54, 1.807) is 15.9 Å². The summed E-state index contributed by atoms with van der Waals surface area (Å²) >= 11 is 0. The van der Waals surface area contributed by atoms with Gasteiger partial charge in [-0.05, 0) is 120 Å². The van der Waals surface area contributed by atoms with Crippen molar-refractivity contribution in [3.05, 3.63) is 63.6 Å². The number of hydrogen-bond acceptors (Lipinski definition) is 10. The lowest BCUT2D eigenvalue weighted by atomic mass is 9.98. The van der Waals surface area contributed by atoms with Crippen LogP contribution in [-0.2, 0) is 31.9 Å². The zero-order chi connectivity index (χ0) is 42.8. The van der Waals surface area contributed by atoms with E-state index in [-0.39, 0.29) is 30.4 Å². The number of anilines is 1. The Morgan fingerprint density at radius 2 is 1.55 bits per heavy atom. The second-order valence-corrected chi connectivity index (χ2v) is 17.4. The number of esters is 1. The van der Waals surface area contributed by atoms with Gasteiger partial charge in [-0.25, -0.2) is 14.4 Å². The molecule has 328 valence electrons. The quantitative estimate of drug-likeness (QED) is 0.236. The number of benzene rings is 2. The van der Waals surface area contributed by atoms with Gasteiger partial charge in [-0.1, -0.05) is 38.1 Å². The lowest BCUT2D eigenvalue weighted by Gasteiger charge is -2.38. The van der Waals surface area contributed by atoms with Crippen molar-refractivity contribution in [1.82, 2.24) is 29.5 Å². The van der Waals surface area contributed by atoms with Crippen LogP contribution in [0.2, 0.25) is 0 Å². The van der Waals surface area contributed by atoms with Gasteiger partial charge in [0, 0.05) is 64.0 Å². The van der Waals surface area contributed by atoms with E-state index in [4.69, 9.17) is 13.9 Å². The molecular formula is C45H65N7O8. The van der Waals surface area contributed by atoms with E-state index in [0.29, 0.717) is 75.6 Å². The van der Waals surface area contributed by atoms with Gasteiger partial charge in [0.2, 0.25) is 0 Å². The minimum atomic E-state index is -1.00. The molecule has 0 aliphatic carbocycles. The van der Waals surface area contributed by atoms with E-state index < -0.39 is 18.0 Å². The highest BCUT2D eigenvalue weighted by Gasteiger charge is 2.35. The number of likely N-dealkylation sites (N-methyl/N-ethyl adjacent to an activating group) is 1. The molecule has 0 unspecified atom stereocenters. The Bertz CT molecular complexity index is 1970. The van der Waals surface area contributed by atoms with Crippen molar-refractivity contribution in [2.75, 3.05) is 84.9 Å². The van der Waals surface area contributed by atoms with Crippen molar-refractivity contribution < 1.29 is 33.1 Å². The molecule has 15 heteroatoms. The summed E-state index contributed by atoms with van der Waals surface area (Å²) in [4.78, 5) is 75.8. The van der Waals surface area contributed by atoms with Gasteiger partial charge < -0.3 is 43.7 Å². The number of carbonyl (C=O) groups is 4. The van der Waals surface area contributed by atoms with Crippen molar-refractivity contribution in [3.63, 3.8) is 0 Å². The molecule has 15 nitrogen and oxygen atoms in total. The lowest BCUT2D eigenvalue weighted by Crippen LogP contribution is -2.51. The molecule has 3 saturated heterocycles. The number of aryl methyl sites for hydroxylation is 1. The number of aromatic amines is 1. The first-order valence-electron chi connectivity index (χ1n) is 21.9. The van der Waals surface area contributed by atoms with E-state index in [1.807, 2.05) is 61.2 Å². The van der Waals surface area contributed by atoms with Gasteiger partial charge in [0.25, 0.3) is 5.91 Å². The molecule has 1 aromatic heterocycles. The molecule has 0 saturated carbocycles. The van der Waals surface area contributed by atoms with Crippen LogP contribution in [0, 0.1) is 18.8 Å². The number of hydrogen-bond donors (Lipinski definition) is 2. The minimum Gasteiger partial charge on any atom is -0.464 e. The van der Waals surface area contributed by atoms with Gasteiger partial charge in [0.05, 0.1) is 11.9 Å². The van der Waals surface area contributed by atoms with Crippen LogP contribution in [-0.4, -0.2) is 145 Å². The first kappa shape index (κ1) is 44.7. The molecule has 0 bridgehead atoms. The number of rotatable bonds is 11. The van der Waals surface area contributed by atoms with Crippen LogP contribution < -0.4 is 11.1 Å². The normalized spacial score (nSPS) is 19.0. The number of oxazole rings is 1. The highest BCUT2D eigenvalue weighted by molar-refractivity contribution is 5.91. The number of H-pyrrole nitrogens is 1. The zero-order valence-electron chi connectivity index (χ0n) is 36.2. The summed E-state index contributed by atoms with van der Waals surface area (Å²) in [5, 5.41) is 3.03. The molecule has 4 aliphatic heterocycles. The third-order valence-corrected chi connectivity index (χ3v) is 12.4. The number of fused-ring (bicyclic) bond motifs is 2. The number of ether oxygens (including phenoxy) is 2. The van der Waals surface area contributed by atoms with Crippen molar-refractivity contribution >= 4 is 40.8 Å². The summed E-state index contributed by atoms with van der Waals surface area (Å²) in [6.45, 7) is 13.5. The Balaban J connectivity index is 0.000000299. The smallest absolute Gasteiger partial charge is 0.417 e. The van der Waals surface area contributed by atoms with Crippen LogP contribution >= 0.6 is 0 Å². The van der Waals surface area contributed by atoms with Crippen molar-refractivity contribution in [1.29, 1.82) is 0 Å². The summed E-state index contributed by atoms with van der Waals surface area (Å²) in [5.74, 6) is 0.587. The van der Waals surface area contributed by atoms with Gasteiger partial charge in [0.15, 0.2) is 11.7 Å². The minimum absolute atomic E-state index is 0.0110. The molecule has 5 heterocycles. The van der Waals surface area contributed by atoms with Crippen LogP contribution in [0.15, 0.2) is 45.6 Å². The van der Waals surface area contributed by atoms with Gasteiger partial charge in [-0.15, -0.1) is 0 Å². The summed E-state index contributed by atoms with van der Waals surface area (Å²) in [6.07, 6.45) is 5.54. The number of aromatic nitrogens is 1. The molecule has 60 heavy (non-hydrogen) atoms. The van der Waals surface area contributed by atoms with Gasteiger partial charge in [0.1, 0.15) is 6.61 Å². The summed E-state index contributed by atoms with van der Waals surface area (Å²) < 4.78 is 16.4. The van der Waals surface area contributed by atoms with Crippen molar-refractivity contribution in [2.45, 2.75) is 90.7 Å². The molecule has 3 fully saturated rings. The van der Waals surface area contributed by atoms with Gasteiger partial charge >= 0.3 is 23.8 Å². The SMILES string of the molecule is CC1CCN(CCC(=O)OCCN(C)C)CC1.Cc1cc(C[C@@H](OC(=O)N2CCC(N3CCc4ccccc4NC3=O)CC2)C(=O)N2CCC(C)CC2)cc2oc(=O)[nH]c12.